The summed E-state index contributed by atoms with van der Waals surface area (Å²) in [4.78, 5) is 35.3. The molecular formula is C22H27ClN4O2S. The molecule has 160 valence electrons. The average molecular weight is 447 g/mol. The van der Waals surface area contributed by atoms with E-state index in [1.165, 1.54) is 18.3 Å². The van der Waals surface area contributed by atoms with Crippen LogP contribution in [0.3, 0.4) is 0 Å². The highest BCUT2D eigenvalue weighted by atomic mass is 35.5. The lowest BCUT2D eigenvalue weighted by Gasteiger charge is -2.34. The molecule has 1 aromatic heterocycles. The van der Waals surface area contributed by atoms with Crippen LogP contribution in [0.5, 0.6) is 0 Å². The van der Waals surface area contributed by atoms with Crippen molar-refractivity contribution in [2.24, 2.45) is 0 Å². The summed E-state index contributed by atoms with van der Waals surface area (Å²) in [5.74, 6) is 0.0826. The monoisotopic (exact) mass is 446 g/mol. The highest BCUT2D eigenvalue weighted by Gasteiger charge is 2.38. The number of nitrogens with zero attached hydrogens (tertiary/aromatic N) is 4. The maximum Gasteiger partial charge on any atom is 0.230 e. The molecule has 0 bridgehead atoms. The summed E-state index contributed by atoms with van der Waals surface area (Å²) in [7, 11) is 0. The van der Waals surface area contributed by atoms with Gasteiger partial charge in [0, 0.05) is 49.4 Å². The van der Waals surface area contributed by atoms with Crippen molar-refractivity contribution in [2.75, 3.05) is 18.0 Å². The summed E-state index contributed by atoms with van der Waals surface area (Å²) in [6, 6.07) is 7.96. The Morgan fingerprint density at radius 1 is 1.20 bits per heavy atom. The van der Waals surface area contributed by atoms with Crippen LogP contribution in [-0.2, 0) is 16.1 Å². The summed E-state index contributed by atoms with van der Waals surface area (Å²) in [5, 5.41) is 3.27. The number of likely N-dealkylation sites (tertiary alicyclic amines) is 2. The average Bonchev–Trinajstić information content (AvgIpc) is 3.42. The first-order valence-electron chi connectivity index (χ1n) is 10.5. The van der Waals surface area contributed by atoms with Crippen molar-refractivity contribution in [3.05, 3.63) is 40.4 Å². The van der Waals surface area contributed by atoms with E-state index in [9.17, 15) is 9.59 Å². The molecule has 2 atom stereocenters. The Kier molecular flexibility index (Phi) is 6.41. The van der Waals surface area contributed by atoms with Crippen molar-refractivity contribution in [3.8, 4) is 0 Å². The molecule has 0 spiro atoms. The van der Waals surface area contributed by atoms with Crippen molar-refractivity contribution in [1.29, 1.82) is 0 Å². The normalized spacial score (nSPS) is 21.9. The Balaban J connectivity index is 1.51. The smallest absolute Gasteiger partial charge is 0.230 e. The van der Waals surface area contributed by atoms with Crippen LogP contribution >= 0.6 is 22.9 Å². The predicted molar refractivity (Wildman–Crippen MR) is 120 cm³/mol. The highest BCUT2D eigenvalue weighted by Crippen LogP contribution is 2.33. The van der Waals surface area contributed by atoms with Gasteiger partial charge in [0.05, 0.1) is 11.4 Å². The molecule has 2 aromatic rings. The number of hydrogen-bond donors (Lipinski definition) is 0. The molecule has 2 fully saturated rings. The minimum Gasteiger partial charge on any atom is -0.338 e. The molecule has 3 heterocycles. The first-order chi connectivity index (χ1) is 14.4. The zero-order valence-corrected chi connectivity index (χ0v) is 19.0. The third-order valence-electron chi connectivity index (χ3n) is 6.04. The van der Waals surface area contributed by atoms with Crippen molar-refractivity contribution in [1.82, 2.24) is 14.8 Å². The molecule has 2 saturated heterocycles. The molecule has 8 heteroatoms. The Bertz CT molecular complexity index is 933. The van der Waals surface area contributed by atoms with Crippen molar-refractivity contribution < 1.29 is 9.59 Å². The summed E-state index contributed by atoms with van der Waals surface area (Å²) >= 11 is 7.59. The Morgan fingerprint density at radius 2 is 1.97 bits per heavy atom. The molecule has 30 heavy (non-hydrogen) atoms. The van der Waals surface area contributed by atoms with E-state index < -0.39 is 0 Å². The molecule has 6 nitrogen and oxygen atoms in total. The summed E-state index contributed by atoms with van der Waals surface area (Å²) < 4.78 is 0. The lowest BCUT2D eigenvalue weighted by atomic mass is 10.0. The van der Waals surface area contributed by atoms with E-state index in [-0.39, 0.29) is 11.8 Å². The van der Waals surface area contributed by atoms with Crippen molar-refractivity contribution >= 4 is 45.6 Å². The van der Waals surface area contributed by atoms with Gasteiger partial charge in [-0.3, -0.25) is 19.4 Å². The fourth-order valence-corrected chi connectivity index (χ4v) is 5.85. The van der Waals surface area contributed by atoms with E-state index in [4.69, 9.17) is 16.6 Å². The first kappa shape index (κ1) is 21.3. The van der Waals surface area contributed by atoms with Gasteiger partial charge in [0.15, 0.2) is 5.13 Å². The summed E-state index contributed by atoms with van der Waals surface area (Å²) in [5.41, 5.74) is 1.68. The van der Waals surface area contributed by atoms with Gasteiger partial charge in [0.25, 0.3) is 0 Å². The van der Waals surface area contributed by atoms with Crippen LogP contribution in [0.4, 0.5) is 10.8 Å². The van der Waals surface area contributed by atoms with Gasteiger partial charge in [-0.1, -0.05) is 17.7 Å². The minimum atomic E-state index is -0.0970. The van der Waals surface area contributed by atoms with E-state index >= 15 is 0 Å². The van der Waals surface area contributed by atoms with E-state index in [2.05, 4.69) is 4.90 Å². The number of aromatic nitrogens is 1. The van der Waals surface area contributed by atoms with Crippen LogP contribution in [0, 0.1) is 0 Å². The lowest BCUT2D eigenvalue weighted by molar-refractivity contribution is -0.130. The molecule has 0 radical (unpaired) electrons. The van der Waals surface area contributed by atoms with Crippen molar-refractivity contribution in [2.45, 2.75) is 58.2 Å². The summed E-state index contributed by atoms with van der Waals surface area (Å²) in [6.07, 6.45) is 4.43. The van der Waals surface area contributed by atoms with Gasteiger partial charge >= 0.3 is 0 Å². The Labute approximate surface area is 186 Å². The molecule has 0 unspecified atom stereocenters. The SMILES string of the molecule is CC(=O)N(c1cccc(Cl)c1)c1nc(CN2CCC[C@H]2[C@@H]2CCCN2C(C)=O)cs1. The van der Waals surface area contributed by atoms with Crippen LogP contribution in [-0.4, -0.2) is 51.8 Å². The number of hydrogen-bond acceptors (Lipinski definition) is 5. The zero-order chi connectivity index (χ0) is 21.3. The largest absolute Gasteiger partial charge is 0.338 e. The van der Waals surface area contributed by atoms with E-state index in [0.29, 0.717) is 22.2 Å². The zero-order valence-electron chi connectivity index (χ0n) is 17.4. The molecular weight excluding hydrogens is 420 g/mol. The van der Waals surface area contributed by atoms with Gasteiger partial charge in [-0.15, -0.1) is 11.3 Å². The number of benzene rings is 1. The standard InChI is InChI=1S/C22H27ClN4O2S/c1-15(28)26-11-5-9-21(26)20-8-4-10-25(20)13-18-14-30-22(24-18)27(16(2)29)19-7-3-6-17(23)12-19/h3,6-7,12,14,20-21H,4-5,8-11,13H2,1-2H3/t20-,21-/m0/s1. The van der Waals surface area contributed by atoms with Gasteiger partial charge in [0.1, 0.15) is 0 Å². The van der Waals surface area contributed by atoms with E-state index in [1.807, 2.05) is 22.4 Å². The molecule has 1 aromatic carbocycles. The number of carbonyl (C=O) groups is 2. The number of thiazole rings is 1. The second kappa shape index (κ2) is 9.04. The van der Waals surface area contributed by atoms with Crippen LogP contribution in [0.25, 0.3) is 0 Å². The van der Waals surface area contributed by atoms with Gasteiger partial charge in [0.2, 0.25) is 11.8 Å². The molecule has 0 N–H and O–H groups in total. The Hall–Kier alpha value is -1.96. The quantitative estimate of drug-likeness (QED) is 0.680. The third kappa shape index (κ3) is 4.38. The van der Waals surface area contributed by atoms with E-state index in [1.54, 1.807) is 24.0 Å². The fraction of sp³-hybridized carbons (Fsp3) is 0.500. The third-order valence-corrected chi connectivity index (χ3v) is 7.15. The second-order valence-corrected chi connectivity index (χ2v) is 9.33. The van der Waals surface area contributed by atoms with Gasteiger partial charge in [-0.05, 0) is 50.4 Å². The molecule has 2 aliphatic rings. The summed E-state index contributed by atoms with van der Waals surface area (Å²) in [6.45, 7) is 5.85. The molecule has 0 saturated carbocycles. The second-order valence-electron chi connectivity index (χ2n) is 8.06. The lowest BCUT2D eigenvalue weighted by Crippen LogP contribution is -2.47. The topological polar surface area (TPSA) is 56.8 Å². The maximum atomic E-state index is 12.3. The molecule has 0 aliphatic carbocycles. The molecule has 4 rings (SSSR count). The van der Waals surface area contributed by atoms with Gasteiger partial charge in [-0.25, -0.2) is 4.98 Å². The highest BCUT2D eigenvalue weighted by molar-refractivity contribution is 7.14. The van der Waals surface area contributed by atoms with Crippen LogP contribution in [0.15, 0.2) is 29.6 Å². The Morgan fingerprint density at radius 3 is 2.70 bits per heavy atom. The minimum absolute atomic E-state index is 0.0970. The fourth-order valence-electron chi connectivity index (χ4n) is 4.79. The van der Waals surface area contributed by atoms with Crippen LogP contribution in [0.2, 0.25) is 5.02 Å². The van der Waals surface area contributed by atoms with Crippen LogP contribution < -0.4 is 4.90 Å². The maximum absolute atomic E-state index is 12.3. The first-order valence-corrected chi connectivity index (χ1v) is 11.7. The number of carbonyl (C=O) groups excluding carboxylic acids is 2. The molecule has 2 aliphatic heterocycles. The predicted octanol–water partition coefficient (Wildman–Crippen LogP) is 4.46. The number of halogens is 1. The van der Waals surface area contributed by atoms with Gasteiger partial charge < -0.3 is 4.90 Å². The number of anilines is 2. The molecule has 2 amide bonds. The van der Waals surface area contributed by atoms with Crippen molar-refractivity contribution in [3.63, 3.8) is 0 Å². The van der Waals surface area contributed by atoms with Gasteiger partial charge in [-0.2, -0.15) is 0 Å². The van der Waals surface area contributed by atoms with E-state index in [0.717, 1.165) is 56.7 Å². The van der Waals surface area contributed by atoms with Crippen LogP contribution in [0.1, 0.15) is 45.2 Å². The number of amides is 2. The number of rotatable bonds is 5.